The summed E-state index contributed by atoms with van der Waals surface area (Å²) in [4.78, 5) is 4.09. The Morgan fingerprint density at radius 3 is 2.50 bits per heavy atom. The van der Waals surface area contributed by atoms with Gasteiger partial charge in [0, 0.05) is 6.20 Å². The Morgan fingerprint density at radius 1 is 1.17 bits per heavy atom. The van der Waals surface area contributed by atoms with Gasteiger partial charge < -0.3 is 10.5 Å². The smallest absolute Gasteiger partial charge is 0.166 e. The van der Waals surface area contributed by atoms with E-state index in [4.69, 9.17) is 10.5 Å². The van der Waals surface area contributed by atoms with Crippen molar-refractivity contribution in [3.63, 3.8) is 0 Å². The Morgan fingerprint density at radius 2 is 1.83 bits per heavy atom. The third-order valence-corrected chi connectivity index (χ3v) is 3.03. The molecule has 0 unspecified atom stereocenters. The highest BCUT2D eigenvalue weighted by Gasteiger charge is 2.06. The van der Waals surface area contributed by atoms with Gasteiger partial charge in [-0.1, -0.05) is 18.2 Å². The average Bonchev–Trinajstić information content (AvgIpc) is 2.33. The quantitative estimate of drug-likeness (QED) is 0.899. The predicted octanol–water partition coefficient (Wildman–Crippen LogP) is 3.17. The van der Waals surface area contributed by atoms with Crippen molar-refractivity contribution >= 4 is 5.82 Å². The van der Waals surface area contributed by atoms with Crippen molar-refractivity contribution in [3.8, 4) is 5.75 Å². The summed E-state index contributed by atoms with van der Waals surface area (Å²) >= 11 is 0. The second-order valence-corrected chi connectivity index (χ2v) is 4.56. The molecule has 0 aliphatic heterocycles. The zero-order chi connectivity index (χ0) is 13.1. The van der Waals surface area contributed by atoms with Crippen LogP contribution in [-0.2, 0) is 6.61 Å². The highest BCUT2D eigenvalue weighted by atomic mass is 16.5. The molecule has 3 heteroatoms. The van der Waals surface area contributed by atoms with Crippen LogP contribution in [0, 0.1) is 20.8 Å². The van der Waals surface area contributed by atoms with Crippen LogP contribution in [0.3, 0.4) is 0 Å². The predicted molar refractivity (Wildman–Crippen MR) is 73.6 cm³/mol. The number of nitrogens with zero attached hydrogens (tertiary/aromatic N) is 1. The molecule has 0 amide bonds. The molecule has 0 aliphatic carbocycles. The van der Waals surface area contributed by atoms with Gasteiger partial charge >= 0.3 is 0 Å². The maximum Gasteiger partial charge on any atom is 0.166 e. The van der Waals surface area contributed by atoms with Gasteiger partial charge in [-0.2, -0.15) is 0 Å². The van der Waals surface area contributed by atoms with E-state index in [1.54, 1.807) is 6.20 Å². The summed E-state index contributed by atoms with van der Waals surface area (Å²) in [5.74, 6) is 1.09. The molecular weight excluding hydrogens is 224 g/mol. The maximum atomic E-state index is 5.79. The topological polar surface area (TPSA) is 48.1 Å². The van der Waals surface area contributed by atoms with E-state index in [1.807, 2.05) is 13.0 Å². The van der Waals surface area contributed by atoms with Crippen LogP contribution in [0.15, 0.2) is 30.5 Å². The summed E-state index contributed by atoms with van der Waals surface area (Å²) in [5, 5.41) is 0. The minimum atomic E-state index is 0.437. The van der Waals surface area contributed by atoms with E-state index in [1.165, 1.54) is 16.7 Å². The molecule has 2 N–H and O–H groups in total. The van der Waals surface area contributed by atoms with E-state index >= 15 is 0 Å². The minimum Gasteiger partial charge on any atom is -0.485 e. The number of rotatable bonds is 3. The van der Waals surface area contributed by atoms with Crippen LogP contribution in [0.4, 0.5) is 5.82 Å². The van der Waals surface area contributed by atoms with Crippen molar-refractivity contribution in [2.45, 2.75) is 27.4 Å². The van der Waals surface area contributed by atoms with E-state index < -0.39 is 0 Å². The molecule has 1 aromatic heterocycles. The Bertz CT molecular complexity index is 544. The molecule has 0 saturated carbocycles. The molecular formula is C15H18N2O. The first-order valence-corrected chi connectivity index (χ1v) is 5.98. The lowest BCUT2D eigenvalue weighted by atomic mass is 10.0. The van der Waals surface area contributed by atoms with E-state index in [9.17, 15) is 0 Å². The van der Waals surface area contributed by atoms with Crippen molar-refractivity contribution in [1.82, 2.24) is 4.98 Å². The lowest BCUT2D eigenvalue weighted by Gasteiger charge is -2.12. The Kier molecular flexibility index (Phi) is 3.51. The largest absolute Gasteiger partial charge is 0.485 e. The van der Waals surface area contributed by atoms with Crippen molar-refractivity contribution in [3.05, 3.63) is 52.7 Å². The Balaban J connectivity index is 2.19. The number of anilines is 1. The number of nitrogen functional groups attached to an aromatic ring is 1. The maximum absolute atomic E-state index is 5.79. The Labute approximate surface area is 108 Å². The monoisotopic (exact) mass is 242 g/mol. The molecule has 2 rings (SSSR count). The lowest BCUT2D eigenvalue weighted by Crippen LogP contribution is -2.03. The minimum absolute atomic E-state index is 0.437. The average molecular weight is 242 g/mol. The van der Waals surface area contributed by atoms with Gasteiger partial charge in [0.2, 0.25) is 0 Å². The van der Waals surface area contributed by atoms with Crippen LogP contribution >= 0.6 is 0 Å². The number of aryl methyl sites for hydroxylation is 3. The van der Waals surface area contributed by atoms with Gasteiger partial charge in [-0.15, -0.1) is 0 Å². The molecule has 1 aromatic carbocycles. The van der Waals surface area contributed by atoms with Gasteiger partial charge in [0.1, 0.15) is 6.61 Å². The summed E-state index contributed by atoms with van der Waals surface area (Å²) in [6.07, 6.45) is 1.74. The van der Waals surface area contributed by atoms with Crippen LogP contribution in [-0.4, -0.2) is 4.98 Å². The van der Waals surface area contributed by atoms with Gasteiger partial charge in [-0.3, -0.25) is 0 Å². The number of nitrogens with two attached hydrogens (primary N) is 1. The van der Waals surface area contributed by atoms with E-state index in [-0.39, 0.29) is 0 Å². The van der Waals surface area contributed by atoms with Gasteiger partial charge in [0.15, 0.2) is 11.6 Å². The van der Waals surface area contributed by atoms with Crippen LogP contribution in [0.1, 0.15) is 22.3 Å². The molecule has 0 atom stereocenters. The van der Waals surface area contributed by atoms with Gasteiger partial charge in [-0.25, -0.2) is 4.98 Å². The highest BCUT2D eigenvalue weighted by Crippen LogP contribution is 2.22. The molecule has 0 bridgehead atoms. The zero-order valence-corrected chi connectivity index (χ0v) is 11.0. The number of hydrogen-bond donors (Lipinski definition) is 1. The fourth-order valence-corrected chi connectivity index (χ4v) is 1.90. The molecule has 3 nitrogen and oxygen atoms in total. The van der Waals surface area contributed by atoms with E-state index in [0.29, 0.717) is 18.2 Å². The first-order chi connectivity index (χ1) is 8.58. The molecule has 0 fully saturated rings. The van der Waals surface area contributed by atoms with Crippen LogP contribution < -0.4 is 10.5 Å². The van der Waals surface area contributed by atoms with Crippen molar-refractivity contribution in [1.29, 1.82) is 0 Å². The fourth-order valence-electron chi connectivity index (χ4n) is 1.90. The summed E-state index contributed by atoms with van der Waals surface area (Å²) in [6.45, 7) is 6.67. The van der Waals surface area contributed by atoms with Gasteiger partial charge in [-0.05, 0) is 49.1 Å². The number of pyridine rings is 1. The molecule has 18 heavy (non-hydrogen) atoms. The first kappa shape index (κ1) is 12.4. The Hall–Kier alpha value is -2.03. The van der Waals surface area contributed by atoms with Crippen molar-refractivity contribution in [2.24, 2.45) is 0 Å². The van der Waals surface area contributed by atoms with Crippen LogP contribution in [0.25, 0.3) is 0 Å². The summed E-state index contributed by atoms with van der Waals surface area (Å²) in [7, 11) is 0. The molecule has 0 radical (unpaired) electrons. The number of benzene rings is 1. The molecule has 0 spiro atoms. The highest BCUT2D eigenvalue weighted by molar-refractivity contribution is 5.47. The second kappa shape index (κ2) is 5.08. The first-order valence-electron chi connectivity index (χ1n) is 5.98. The van der Waals surface area contributed by atoms with Crippen molar-refractivity contribution in [2.75, 3.05) is 5.73 Å². The van der Waals surface area contributed by atoms with Gasteiger partial charge in [0.05, 0.1) is 0 Å². The van der Waals surface area contributed by atoms with Crippen molar-refractivity contribution < 1.29 is 4.74 Å². The lowest BCUT2D eigenvalue weighted by molar-refractivity contribution is 0.305. The molecule has 94 valence electrons. The molecule has 0 saturated heterocycles. The summed E-state index contributed by atoms with van der Waals surface area (Å²) in [6, 6.07) is 8.14. The fraction of sp³-hybridized carbons (Fsp3) is 0.267. The number of aromatic nitrogens is 1. The summed E-state index contributed by atoms with van der Waals surface area (Å²) in [5.41, 5.74) is 10.5. The van der Waals surface area contributed by atoms with Crippen LogP contribution in [0.2, 0.25) is 0 Å². The molecule has 1 heterocycles. The number of ether oxygens (including phenoxy) is 1. The van der Waals surface area contributed by atoms with E-state index in [2.05, 4.69) is 37.0 Å². The molecule has 0 aliphatic rings. The standard InChI is InChI=1S/C15H18N2O/c1-10-7-14(15(16)17-8-10)18-9-13-11(2)5-4-6-12(13)3/h4-8H,9H2,1-3H3,(H2,16,17). The third kappa shape index (κ3) is 2.62. The van der Waals surface area contributed by atoms with Crippen LogP contribution in [0.5, 0.6) is 5.75 Å². The molecule has 2 aromatic rings. The second-order valence-electron chi connectivity index (χ2n) is 4.56. The normalized spacial score (nSPS) is 10.4. The summed E-state index contributed by atoms with van der Waals surface area (Å²) < 4.78 is 5.78. The third-order valence-electron chi connectivity index (χ3n) is 3.03. The van der Waals surface area contributed by atoms with E-state index in [0.717, 1.165) is 5.56 Å². The number of hydrogen-bond acceptors (Lipinski definition) is 3. The SMILES string of the molecule is Cc1cnc(N)c(OCc2c(C)cccc2C)c1. The van der Waals surface area contributed by atoms with Gasteiger partial charge in [0.25, 0.3) is 0 Å². The zero-order valence-electron chi connectivity index (χ0n) is 11.0.